The Hall–Kier alpha value is -1.12. The van der Waals surface area contributed by atoms with Gasteiger partial charge in [0.2, 0.25) is 5.91 Å². The van der Waals surface area contributed by atoms with Gasteiger partial charge in [0.25, 0.3) is 0 Å². The fourth-order valence-electron chi connectivity index (χ4n) is 1.09. The number of carbonyl (C=O) groups excluding carboxylic acids is 2. The van der Waals surface area contributed by atoms with Crippen LogP contribution in [0.1, 0.15) is 19.8 Å². The van der Waals surface area contributed by atoms with Gasteiger partial charge in [-0.2, -0.15) is 0 Å². The molecule has 1 aliphatic heterocycles. The molecule has 0 aromatic carbocycles. The number of rotatable bonds is 3. The summed E-state index contributed by atoms with van der Waals surface area (Å²) in [6.45, 7) is 3.10. The van der Waals surface area contributed by atoms with Crippen LogP contribution in [0, 0.1) is 0 Å². The van der Waals surface area contributed by atoms with Crippen molar-refractivity contribution >= 4 is 11.7 Å². The van der Waals surface area contributed by atoms with Crippen LogP contribution in [0.3, 0.4) is 0 Å². The molecule has 1 rings (SSSR count). The maximum atomic E-state index is 11.3. The van der Waals surface area contributed by atoms with Gasteiger partial charge < -0.3 is 4.90 Å². The minimum atomic E-state index is -0.0492. The highest BCUT2D eigenvalue weighted by molar-refractivity contribution is 5.98. The summed E-state index contributed by atoms with van der Waals surface area (Å²) in [5.41, 5.74) is 0. The zero-order valence-electron chi connectivity index (χ0n) is 7.25. The van der Waals surface area contributed by atoms with E-state index in [1.165, 1.54) is 0 Å². The van der Waals surface area contributed by atoms with Crippen molar-refractivity contribution in [3.05, 3.63) is 12.2 Å². The van der Waals surface area contributed by atoms with E-state index in [-0.39, 0.29) is 18.1 Å². The van der Waals surface area contributed by atoms with Crippen LogP contribution in [-0.4, -0.2) is 29.7 Å². The lowest BCUT2D eigenvalue weighted by Crippen LogP contribution is -2.29. The van der Waals surface area contributed by atoms with Crippen LogP contribution in [0.15, 0.2) is 12.2 Å². The first-order valence-electron chi connectivity index (χ1n) is 4.18. The van der Waals surface area contributed by atoms with E-state index in [0.717, 1.165) is 0 Å². The molecular formula is C9H13NO2. The second-order valence-corrected chi connectivity index (χ2v) is 2.84. The van der Waals surface area contributed by atoms with E-state index in [4.69, 9.17) is 0 Å². The predicted octanol–water partition coefficient (Wildman–Crippen LogP) is 0.754. The van der Waals surface area contributed by atoms with Crippen molar-refractivity contribution in [3.8, 4) is 0 Å². The lowest BCUT2D eigenvalue weighted by atomic mass is 10.2. The second-order valence-electron chi connectivity index (χ2n) is 2.84. The van der Waals surface area contributed by atoms with Crippen molar-refractivity contribution in [2.24, 2.45) is 0 Å². The molecule has 0 spiro atoms. The summed E-state index contributed by atoms with van der Waals surface area (Å²) in [6.07, 6.45) is 4.40. The Labute approximate surface area is 72.0 Å². The van der Waals surface area contributed by atoms with Gasteiger partial charge in [-0.3, -0.25) is 9.59 Å². The molecule has 0 N–H and O–H groups in total. The van der Waals surface area contributed by atoms with Gasteiger partial charge in [-0.05, 0) is 0 Å². The summed E-state index contributed by atoms with van der Waals surface area (Å²) in [7, 11) is 0. The minimum absolute atomic E-state index is 0.0203. The van der Waals surface area contributed by atoms with Crippen LogP contribution in [0.2, 0.25) is 0 Å². The lowest BCUT2D eigenvalue weighted by Gasteiger charge is -2.13. The number of carbonyl (C=O) groups is 2. The first-order chi connectivity index (χ1) is 5.74. The Balaban J connectivity index is 2.33. The van der Waals surface area contributed by atoms with Crippen molar-refractivity contribution in [1.29, 1.82) is 0 Å². The van der Waals surface area contributed by atoms with Gasteiger partial charge >= 0.3 is 0 Å². The number of ketones is 1. The molecule has 0 aliphatic carbocycles. The maximum Gasteiger partial charge on any atom is 0.230 e. The van der Waals surface area contributed by atoms with Crippen LogP contribution in [0.4, 0.5) is 0 Å². The number of Topliss-reactive ketones (excluding diaryl/α,β-unsaturated/α-hetero) is 1. The molecule has 3 heteroatoms. The molecule has 0 bridgehead atoms. The summed E-state index contributed by atoms with van der Waals surface area (Å²) < 4.78 is 0. The third kappa shape index (κ3) is 2.19. The van der Waals surface area contributed by atoms with Gasteiger partial charge in [0.1, 0.15) is 5.78 Å². The van der Waals surface area contributed by atoms with Crippen molar-refractivity contribution in [2.75, 3.05) is 13.1 Å². The minimum Gasteiger partial charge on any atom is -0.335 e. The van der Waals surface area contributed by atoms with E-state index in [2.05, 4.69) is 0 Å². The molecule has 1 aliphatic rings. The predicted molar refractivity (Wildman–Crippen MR) is 45.6 cm³/mol. The standard InChI is InChI=1S/C9H13NO2/c1-2-8(11)7-9(12)10-5-3-4-6-10/h3-4H,2,5-7H2,1H3. The van der Waals surface area contributed by atoms with Crippen molar-refractivity contribution in [3.63, 3.8) is 0 Å². The number of nitrogens with zero attached hydrogens (tertiary/aromatic N) is 1. The van der Waals surface area contributed by atoms with Gasteiger partial charge in [0.05, 0.1) is 6.42 Å². The van der Waals surface area contributed by atoms with Gasteiger partial charge in [-0.25, -0.2) is 0 Å². The molecular weight excluding hydrogens is 154 g/mol. The maximum absolute atomic E-state index is 11.3. The molecule has 3 nitrogen and oxygen atoms in total. The van der Waals surface area contributed by atoms with Crippen LogP contribution < -0.4 is 0 Å². The van der Waals surface area contributed by atoms with Crippen molar-refractivity contribution in [2.45, 2.75) is 19.8 Å². The first-order valence-corrected chi connectivity index (χ1v) is 4.18. The molecule has 0 radical (unpaired) electrons. The molecule has 0 aromatic rings. The fourth-order valence-corrected chi connectivity index (χ4v) is 1.09. The van der Waals surface area contributed by atoms with Crippen molar-refractivity contribution < 1.29 is 9.59 Å². The summed E-state index contributed by atoms with van der Waals surface area (Å²) >= 11 is 0. The normalized spacial score (nSPS) is 15.2. The molecule has 12 heavy (non-hydrogen) atoms. The topological polar surface area (TPSA) is 37.4 Å². The molecule has 0 atom stereocenters. The molecule has 0 saturated carbocycles. The Bertz CT molecular complexity index is 213. The summed E-state index contributed by atoms with van der Waals surface area (Å²) in [6, 6.07) is 0. The van der Waals surface area contributed by atoms with Crippen LogP contribution >= 0.6 is 0 Å². The molecule has 0 fully saturated rings. The van der Waals surface area contributed by atoms with E-state index in [1.807, 2.05) is 12.2 Å². The monoisotopic (exact) mass is 167 g/mol. The van der Waals surface area contributed by atoms with Gasteiger partial charge in [0, 0.05) is 19.5 Å². The molecule has 66 valence electrons. The smallest absolute Gasteiger partial charge is 0.230 e. The van der Waals surface area contributed by atoms with E-state index in [9.17, 15) is 9.59 Å². The Morgan fingerprint density at radius 3 is 2.42 bits per heavy atom. The van der Waals surface area contributed by atoms with Gasteiger partial charge in [0.15, 0.2) is 0 Å². The van der Waals surface area contributed by atoms with Crippen LogP contribution in [0.5, 0.6) is 0 Å². The van der Waals surface area contributed by atoms with E-state index >= 15 is 0 Å². The van der Waals surface area contributed by atoms with Crippen molar-refractivity contribution in [1.82, 2.24) is 4.90 Å². The van der Waals surface area contributed by atoms with E-state index in [1.54, 1.807) is 11.8 Å². The molecule has 0 aromatic heterocycles. The lowest BCUT2D eigenvalue weighted by molar-refractivity contribution is -0.134. The zero-order valence-corrected chi connectivity index (χ0v) is 7.25. The van der Waals surface area contributed by atoms with Gasteiger partial charge in [-0.15, -0.1) is 0 Å². The fraction of sp³-hybridized carbons (Fsp3) is 0.556. The number of amides is 1. The molecule has 1 amide bonds. The number of hydrogen-bond acceptors (Lipinski definition) is 2. The Morgan fingerprint density at radius 1 is 1.33 bits per heavy atom. The van der Waals surface area contributed by atoms with Crippen LogP contribution in [0.25, 0.3) is 0 Å². The SMILES string of the molecule is CCC(=O)CC(=O)N1CC=CC1. The Kier molecular flexibility index (Phi) is 3.02. The first kappa shape index (κ1) is 8.97. The average Bonchev–Trinajstić information content (AvgIpc) is 2.56. The highest BCUT2D eigenvalue weighted by Crippen LogP contribution is 2.02. The number of hydrogen-bond donors (Lipinski definition) is 0. The summed E-state index contributed by atoms with van der Waals surface area (Å²) in [4.78, 5) is 23.9. The zero-order chi connectivity index (χ0) is 8.97. The highest BCUT2D eigenvalue weighted by Gasteiger charge is 2.16. The summed E-state index contributed by atoms with van der Waals surface area (Å²) in [5, 5.41) is 0. The largest absolute Gasteiger partial charge is 0.335 e. The highest BCUT2D eigenvalue weighted by atomic mass is 16.2. The molecule has 0 unspecified atom stereocenters. The average molecular weight is 167 g/mol. The third-order valence-electron chi connectivity index (χ3n) is 1.91. The van der Waals surface area contributed by atoms with Gasteiger partial charge in [-0.1, -0.05) is 19.1 Å². The molecule has 0 saturated heterocycles. The molecule has 1 heterocycles. The Morgan fingerprint density at radius 2 is 1.92 bits per heavy atom. The second kappa shape index (κ2) is 4.04. The summed E-state index contributed by atoms with van der Waals surface area (Å²) in [5.74, 6) is -0.0289. The quantitative estimate of drug-likeness (QED) is 0.459. The van der Waals surface area contributed by atoms with E-state index < -0.39 is 0 Å². The van der Waals surface area contributed by atoms with Crippen LogP contribution in [-0.2, 0) is 9.59 Å². The third-order valence-corrected chi connectivity index (χ3v) is 1.91. The van der Waals surface area contributed by atoms with E-state index in [0.29, 0.717) is 19.5 Å².